The number of benzene rings is 2. The molecule has 0 fully saturated rings. The average Bonchev–Trinajstić information content (AvgIpc) is 2.66. The van der Waals surface area contributed by atoms with E-state index in [1.54, 1.807) is 27.4 Å². The van der Waals surface area contributed by atoms with E-state index in [1.165, 1.54) is 5.56 Å². The second kappa shape index (κ2) is 9.13. The fraction of sp³-hybridized carbons (Fsp3) is 0.381. The smallest absolute Gasteiger partial charge is 0.225 e. The van der Waals surface area contributed by atoms with Crippen LogP contribution in [0.25, 0.3) is 0 Å². The molecule has 1 N–H and O–H groups in total. The molecule has 0 saturated carbocycles. The molecule has 5 nitrogen and oxygen atoms in total. The van der Waals surface area contributed by atoms with E-state index >= 15 is 0 Å². The molecule has 0 saturated heterocycles. The number of carbonyl (C=O) groups is 1. The molecular formula is C21H27NO4. The van der Waals surface area contributed by atoms with Gasteiger partial charge in [-0.25, -0.2) is 0 Å². The number of hydrogen-bond donors (Lipinski definition) is 1. The Kier molecular flexibility index (Phi) is 6.89. The molecular weight excluding hydrogens is 330 g/mol. The number of aryl methyl sites for hydroxylation is 1. The normalized spacial score (nSPS) is 11.6. The van der Waals surface area contributed by atoms with Crippen LogP contribution < -0.4 is 19.5 Å². The van der Waals surface area contributed by atoms with Crippen LogP contribution in [0.4, 0.5) is 0 Å². The number of rotatable bonds is 8. The topological polar surface area (TPSA) is 56.8 Å². The van der Waals surface area contributed by atoms with Crippen molar-refractivity contribution < 1.29 is 19.0 Å². The lowest BCUT2D eigenvalue weighted by Gasteiger charge is -2.19. The second-order valence-electron chi connectivity index (χ2n) is 6.11. The van der Waals surface area contributed by atoms with Crippen LogP contribution in [0.1, 0.15) is 36.1 Å². The Morgan fingerprint density at radius 3 is 2.15 bits per heavy atom. The fourth-order valence-electron chi connectivity index (χ4n) is 2.94. The number of amides is 1. The summed E-state index contributed by atoms with van der Waals surface area (Å²) in [4.78, 5) is 12.6. The highest BCUT2D eigenvalue weighted by molar-refractivity contribution is 5.80. The molecule has 2 aromatic rings. The maximum atomic E-state index is 12.6. The molecule has 1 amide bonds. The van der Waals surface area contributed by atoms with Gasteiger partial charge in [-0.15, -0.1) is 0 Å². The molecule has 0 aliphatic rings. The standard InChI is InChI=1S/C21H27NO4/c1-6-17(15-9-7-14(2)8-10-15)22-19(23)13-16-11-12-18(24-3)21(26-5)20(16)25-4/h7-12,17H,6,13H2,1-5H3,(H,22,23)/t17-/m1/s1. The van der Waals surface area contributed by atoms with Gasteiger partial charge in [-0.3, -0.25) is 4.79 Å². The van der Waals surface area contributed by atoms with E-state index in [0.29, 0.717) is 17.2 Å². The molecule has 140 valence electrons. The quantitative estimate of drug-likeness (QED) is 0.780. The van der Waals surface area contributed by atoms with Gasteiger partial charge in [0.2, 0.25) is 11.7 Å². The first-order chi connectivity index (χ1) is 12.5. The van der Waals surface area contributed by atoms with Gasteiger partial charge in [0.25, 0.3) is 0 Å². The van der Waals surface area contributed by atoms with E-state index in [-0.39, 0.29) is 18.4 Å². The summed E-state index contributed by atoms with van der Waals surface area (Å²) in [5.74, 6) is 1.51. The Labute approximate surface area is 155 Å². The van der Waals surface area contributed by atoms with Crippen LogP contribution in [-0.4, -0.2) is 27.2 Å². The molecule has 0 aliphatic carbocycles. The van der Waals surface area contributed by atoms with Gasteiger partial charge >= 0.3 is 0 Å². The van der Waals surface area contributed by atoms with Crippen LogP contribution in [0.2, 0.25) is 0 Å². The summed E-state index contributed by atoms with van der Waals surface area (Å²) in [6, 6.07) is 11.8. The van der Waals surface area contributed by atoms with Crippen molar-refractivity contribution in [2.45, 2.75) is 32.7 Å². The van der Waals surface area contributed by atoms with E-state index in [1.807, 2.05) is 13.0 Å². The predicted octanol–water partition coefficient (Wildman–Crippen LogP) is 3.83. The van der Waals surface area contributed by atoms with Crippen LogP contribution in [-0.2, 0) is 11.2 Å². The lowest BCUT2D eigenvalue weighted by molar-refractivity contribution is -0.121. The van der Waals surface area contributed by atoms with Crippen LogP contribution >= 0.6 is 0 Å². The molecule has 0 heterocycles. The maximum absolute atomic E-state index is 12.6. The summed E-state index contributed by atoms with van der Waals surface area (Å²) in [5, 5.41) is 3.10. The zero-order valence-corrected chi connectivity index (χ0v) is 16.1. The lowest BCUT2D eigenvalue weighted by atomic mass is 10.0. The number of ether oxygens (including phenoxy) is 3. The molecule has 5 heteroatoms. The summed E-state index contributed by atoms with van der Waals surface area (Å²) in [6.45, 7) is 4.11. The first-order valence-corrected chi connectivity index (χ1v) is 8.67. The third-order valence-corrected chi connectivity index (χ3v) is 4.36. The number of hydrogen-bond acceptors (Lipinski definition) is 4. The van der Waals surface area contributed by atoms with Crippen molar-refractivity contribution in [3.8, 4) is 17.2 Å². The van der Waals surface area contributed by atoms with Gasteiger partial charge in [-0.2, -0.15) is 0 Å². The van der Waals surface area contributed by atoms with E-state index < -0.39 is 0 Å². The van der Waals surface area contributed by atoms with Gasteiger partial charge in [-0.1, -0.05) is 42.8 Å². The number of carbonyl (C=O) groups excluding carboxylic acids is 1. The van der Waals surface area contributed by atoms with Gasteiger partial charge in [0.05, 0.1) is 33.8 Å². The van der Waals surface area contributed by atoms with Crippen molar-refractivity contribution in [3.05, 3.63) is 53.1 Å². The molecule has 2 aromatic carbocycles. The van der Waals surface area contributed by atoms with E-state index in [2.05, 4.69) is 36.5 Å². The zero-order valence-electron chi connectivity index (χ0n) is 16.1. The molecule has 0 unspecified atom stereocenters. The number of nitrogens with one attached hydrogen (secondary N) is 1. The maximum Gasteiger partial charge on any atom is 0.225 e. The minimum Gasteiger partial charge on any atom is -0.493 e. The van der Waals surface area contributed by atoms with E-state index in [0.717, 1.165) is 17.5 Å². The van der Waals surface area contributed by atoms with Gasteiger partial charge < -0.3 is 19.5 Å². The van der Waals surface area contributed by atoms with Crippen molar-refractivity contribution in [3.63, 3.8) is 0 Å². The third-order valence-electron chi connectivity index (χ3n) is 4.36. The highest BCUT2D eigenvalue weighted by Gasteiger charge is 2.19. The van der Waals surface area contributed by atoms with Crippen molar-refractivity contribution in [1.82, 2.24) is 5.32 Å². The zero-order chi connectivity index (χ0) is 19.1. The molecule has 0 aromatic heterocycles. The fourth-order valence-corrected chi connectivity index (χ4v) is 2.94. The lowest BCUT2D eigenvalue weighted by Crippen LogP contribution is -2.29. The minimum atomic E-state index is -0.0667. The largest absolute Gasteiger partial charge is 0.493 e. The van der Waals surface area contributed by atoms with Gasteiger partial charge in [0.1, 0.15) is 0 Å². The minimum absolute atomic E-state index is 0.0192. The molecule has 1 atom stereocenters. The summed E-state index contributed by atoms with van der Waals surface area (Å²) < 4.78 is 16.1. The summed E-state index contributed by atoms with van der Waals surface area (Å²) in [5.41, 5.74) is 3.05. The Bertz CT molecular complexity index is 740. The highest BCUT2D eigenvalue weighted by atomic mass is 16.5. The van der Waals surface area contributed by atoms with Crippen LogP contribution in [0, 0.1) is 6.92 Å². The van der Waals surface area contributed by atoms with Gasteiger partial charge in [0, 0.05) is 5.56 Å². The van der Waals surface area contributed by atoms with Gasteiger partial charge in [-0.05, 0) is 25.0 Å². The molecule has 0 radical (unpaired) electrons. The number of methoxy groups -OCH3 is 3. The summed E-state index contributed by atoms with van der Waals surface area (Å²) >= 11 is 0. The molecule has 0 aliphatic heterocycles. The molecule has 0 bridgehead atoms. The van der Waals surface area contributed by atoms with Gasteiger partial charge in [0.15, 0.2) is 11.5 Å². The molecule has 0 spiro atoms. The van der Waals surface area contributed by atoms with Crippen molar-refractivity contribution >= 4 is 5.91 Å². The van der Waals surface area contributed by atoms with Crippen LogP contribution in [0.5, 0.6) is 17.2 Å². The Morgan fingerprint density at radius 2 is 1.62 bits per heavy atom. The monoisotopic (exact) mass is 357 g/mol. The Balaban J connectivity index is 2.17. The first-order valence-electron chi connectivity index (χ1n) is 8.67. The van der Waals surface area contributed by atoms with Crippen molar-refractivity contribution in [1.29, 1.82) is 0 Å². The highest BCUT2D eigenvalue weighted by Crippen LogP contribution is 2.39. The van der Waals surface area contributed by atoms with Crippen molar-refractivity contribution in [2.24, 2.45) is 0 Å². The average molecular weight is 357 g/mol. The Hall–Kier alpha value is -2.69. The van der Waals surface area contributed by atoms with Crippen molar-refractivity contribution in [2.75, 3.05) is 21.3 Å². The summed E-state index contributed by atoms with van der Waals surface area (Å²) in [6.07, 6.45) is 1.02. The third kappa shape index (κ3) is 4.48. The van der Waals surface area contributed by atoms with Crippen LogP contribution in [0.15, 0.2) is 36.4 Å². The predicted molar refractivity (Wildman–Crippen MR) is 102 cm³/mol. The van der Waals surface area contributed by atoms with E-state index in [9.17, 15) is 4.79 Å². The van der Waals surface area contributed by atoms with E-state index in [4.69, 9.17) is 14.2 Å². The van der Waals surface area contributed by atoms with Crippen LogP contribution in [0.3, 0.4) is 0 Å². The first kappa shape index (κ1) is 19.6. The second-order valence-corrected chi connectivity index (χ2v) is 6.11. The summed E-state index contributed by atoms with van der Waals surface area (Å²) in [7, 11) is 4.67. The molecule has 26 heavy (non-hydrogen) atoms. The SMILES string of the molecule is CC[C@@H](NC(=O)Cc1ccc(OC)c(OC)c1OC)c1ccc(C)cc1. The molecule has 2 rings (SSSR count). The Morgan fingerprint density at radius 1 is 0.962 bits per heavy atom.